The van der Waals surface area contributed by atoms with Gasteiger partial charge in [-0.25, -0.2) is 0 Å². The molecule has 0 radical (unpaired) electrons. The van der Waals surface area contributed by atoms with Crippen molar-refractivity contribution in [2.24, 2.45) is 4.99 Å². The van der Waals surface area contributed by atoms with Crippen molar-refractivity contribution >= 4 is 52.5 Å². The molecule has 1 aliphatic rings. The van der Waals surface area contributed by atoms with Gasteiger partial charge in [0.1, 0.15) is 0 Å². The van der Waals surface area contributed by atoms with Crippen molar-refractivity contribution in [2.75, 3.05) is 25.6 Å². The van der Waals surface area contributed by atoms with E-state index < -0.39 is 10.8 Å². The molecule has 1 fully saturated rings. The summed E-state index contributed by atoms with van der Waals surface area (Å²) in [5, 5.41) is 7.26. The fourth-order valence-electron chi connectivity index (χ4n) is 2.51. The van der Waals surface area contributed by atoms with E-state index in [0.29, 0.717) is 11.3 Å². The molecule has 0 aromatic rings. The second-order valence-corrected chi connectivity index (χ2v) is 9.71. The molecule has 0 aliphatic heterocycles. The van der Waals surface area contributed by atoms with Gasteiger partial charge in [0, 0.05) is 46.2 Å². The Balaban J connectivity index is 0.00000441. The lowest BCUT2D eigenvalue weighted by molar-refractivity contribution is 0.413. The van der Waals surface area contributed by atoms with Crippen molar-refractivity contribution in [3.63, 3.8) is 0 Å². The highest BCUT2D eigenvalue weighted by Crippen LogP contribution is 2.23. The minimum Gasteiger partial charge on any atom is -0.355 e. The zero-order valence-corrected chi connectivity index (χ0v) is 18.4. The maximum Gasteiger partial charge on any atom is 0.191 e. The molecule has 1 saturated carbocycles. The molecule has 1 rings (SSSR count). The highest BCUT2D eigenvalue weighted by atomic mass is 127. The smallest absolute Gasteiger partial charge is 0.191 e. The first-order valence-electron chi connectivity index (χ1n) is 7.81. The van der Waals surface area contributed by atoms with Crippen LogP contribution >= 0.6 is 35.7 Å². The summed E-state index contributed by atoms with van der Waals surface area (Å²) in [5.74, 6) is 1.64. The van der Waals surface area contributed by atoms with Gasteiger partial charge < -0.3 is 10.6 Å². The van der Waals surface area contributed by atoms with Crippen LogP contribution in [0.5, 0.6) is 0 Å². The second kappa shape index (κ2) is 11.1. The third-order valence-corrected chi connectivity index (χ3v) is 7.07. The summed E-state index contributed by atoms with van der Waals surface area (Å²) >= 11 is 1.85. The Bertz CT molecular complexity index is 378. The number of thioether (sulfide) groups is 1. The van der Waals surface area contributed by atoms with Crippen molar-refractivity contribution in [3.05, 3.63) is 0 Å². The van der Waals surface area contributed by atoms with E-state index in [2.05, 4.69) is 35.7 Å². The van der Waals surface area contributed by atoms with Gasteiger partial charge in [-0.15, -0.1) is 24.0 Å². The summed E-state index contributed by atoms with van der Waals surface area (Å²) in [6.07, 6.45) is 6.52. The minimum absolute atomic E-state index is 0. The summed E-state index contributed by atoms with van der Waals surface area (Å²) in [6, 6.07) is 0.392. The van der Waals surface area contributed by atoms with E-state index in [9.17, 15) is 4.21 Å². The van der Waals surface area contributed by atoms with Gasteiger partial charge in [0.25, 0.3) is 0 Å². The highest BCUT2D eigenvalue weighted by molar-refractivity contribution is 14.0. The van der Waals surface area contributed by atoms with Crippen molar-refractivity contribution in [2.45, 2.75) is 62.5 Å². The summed E-state index contributed by atoms with van der Waals surface area (Å²) in [6.45, 7) is 7.33. The Morgan fingerprint density at radius 1 is 1.41 bits per heavy atom. The Kier molecular flexibility index (Phi) is 11.4. The quantitative estimate of drug-likeness (QED) is 0.363. The Morgan fingerprint density at radius 3 is 2.64 bits per heavy atom. The predicted octanol–water partition coefficient (Wildman–Crippen LogP) is 2.99. The third kappa shape index (κ3) is 7.86. The van der Waals surface area contributed by atoms with Crippen LogP contribution in [0.1, 0.15) is 46.5 Å². The molecule has 0 spiro atoms. The Morgan fingerprint density at radius 2 is 2.09 bits per heavy atom. The first-order chi connectivity index (χ1) is 9.91. The number of aliphatic imine (C=N–C) groups is 1. The molecule has 0 bridgehead atoms. The van der Waals surface area contributed by atoms with Gasteiger partial charge in [0.05, 0.1) is 0 Å². The molecule has 1 aliphatic carbocycles. The van der Waals surface area contributed by atoms with Crippen molar-refractivity contribution < 1.29 is 4.21 Å². The van der Waals surface area contributed by atoms with Crippen molar-refractivity contribution in [1.82, 2.24) is 10.6 Å². The van der Waals surface area contributed by atoms with Crippen LogP contribution in [0.4, 0.5) is 0 Å². The Hall–Kier alpha value is 0.500. The fourth-order valence-corrected chi connectivity index (χ4v) is 4.07. The molecule has 2 N–H and O–H groups in total. The van der Waals surface area contributed by atoms with Crippen molar-refractivity contribution in [3.8, 4) is 0 Å². The normalized spacial score (nSPS) is 24.3. The second-order valence-electron chi connectivity index (χ2n) is 6.19. The van der Waals surface area contributed by atoms with Gasteiger partial charge >= 0.3 is 0 Å². The predicted molar refractivity (Wildman–Crippen MR) is 112 cm³/mol. The van der Waals surface area contributed by atoms with Crippen LogP contribution in [0.15, 0.2) is 4.99 Å². The number of guanidine groups is 1. The molecule has 4 nitrogen and oxygen atoms in total. The van der Waals surface area contributed by atoms with E-state index in [1.54, 1.807) is 0 Å². The molecule has 0 amide bonds. The van der Waals surface area contributed by atoms with Crippen LogP contribution in [0.3, 0.4) is 0 Å². The van der Waals surface area contributed by atoms with Crippen LogP contribution in [-0.2, 0) is 10.8 Å². The fraction of sp³-hybridized carbons (Fsp3) is 0.933. The van der Waals surface area contributed by atoms with Crippen molar-refractivity contribution in [1.29, 1.82) is 0 Å². The SMILES string of the molecule is CCS(=O)C1CCCC(NC(=NC)NCC(C)(C)SC)C1.I. The number of hydrogen-bond donors (Lipinski definition) is 2. The Labute approximate surface area is 159 Å². The maximum atomic E-state index is 12.0. The lowest BCUT2D eigenvalue weighted by Gasteiger charge is -2.31. The van der Waals surface area contributed by atoms with E-state index in [4.69, 9.17) is 0 Å². The summed E-state index contributed by atoms with van der Waals surface area (Å²) in [5.41, 5.74) is 0. The van der Waals surface area contributed by atoms with Crippen LogP contribution in [0.25, 0.3) is 0 Å². The number of halogens is 1. The van der Waals surface area contributed by atoms with Gasteiger partial charge in [0.15, 0.2) is 5.96 Å². The van der Waals surface area contributed by atoms with Gasteiger partial charge in [-0.1, -0.05) is 13.3 Å². The van der Waals surface area contributed by atoms with Crippen LogP contribution in [-0.4, -0.2) is 51.8 Å². The van der Waals surface area contributed by atoms with Gasteiger partial charge in [0.2, 0.25) is 0 Å². The molecular weight excluding hydrogens is 429 g/mol. The van der Waals surface area contributed by atoms with E-state index in [-0.39, 0.29) is 28.7 Å². The molecule has 7 heteroatoms. The standard InChI is InChI=1S/C15H31N3OS2.HI/c1-6-21(19)13-9-7-8-12(10-13)18-14(16-4)17-11-15(2,3)20-5;/h12-13H,6-11H2,1-5H3,(H2,16,17,18);1H. The van der Waals surface area contributed by atoms with E-state index >= 15 is 0 Å². The number of hydrogen-bond acceptors (Lipinski definition) is 3. The van der Waals surface area contributed by atoms with E-state index in [1.807, 2.05) is 25.7 Å². The summed E-state index contributed by atoms with van der Waals surface area (Å²) in [4.78, 5) is 4.32. The molecule has 3 unspecified atom stereocenters. The van der Waals surface area contributed by atoms with E-state index in [0.717, 1.165) is 43.9 Å². The largest absolute Gasteiger partial charge is 0.355 e. The molecule has 0 saturated heterocycles. The summed E-state index contributed by atoms with van der Waals surface area (Å²) in [7, 11) is 1.14. The lowest BCUT2D eigenvalue weighted by atomic mass is 9.95. The molecule has 0 aromatic heterocycles. The molecule has 22 heavy (non-hydrogen) atoms. The van der Waals surface area contributed by atoms with Gasteiger partial charge in [-0.05, 0) is 39.4 Å². The third-order valence-electron chi connectivity index (χ3n) is 4.08. The van der Waals surface area contributed by atoms with Crippen LogP contribution in [0, 0.1) is 0 Å². The zero-order chi connectivity index (χ0) is 15.9. The summed E-state index contributed by atoms with van der Waals surface area (Å²) < 4.78 is 12.2. The molecular formula is C15H32IN3OS2. The van der Waals surface area contributed by atoms with Gasteiger partial charge in [-0.3, -0.25) is 9.20 Å². The van der Waals surface area contributed by atoms with Gasteiger partial charge in [-0.2, -0.15) is 11.8 Å². The average Bonchev–Trinajstić information content (AvgIpc) is 2.50. The molecule has 132 valence electrons. The number of nitrogens with zero attached hydrogens (tertiary/aromatic N) is 1. The highest BCUT2D eigenvalue weighted by Gasteiger charge is 2.26. The van der Waals surface area contributed by atoms with Crippen LogP contribution < -0.4 is 10.6 Å². The molecule has 0 heterocycles. The minimum atomic E-state index is -0.674. The number of nitrogens with one attached hydrogen (secondary N) is 2. The molecule has 0 aromatic carbocycles. The monoisotopic (exact) mass is 461 g/mol. The topological polar surface area (TPSA) is 53.5 Å². The number of rotatable bonds is 6. The zero-order valence-electron chi connectivity index (χ0n) is 14.5. The first kappa shape index (κ1) is 22.5. The first-order valence-corrected chi connectivity index (χ1v) is 10.4. The lowest BCUT2D eigenvalue weighted by Crippen LogP contribution is -2.49. The van der Waals surface area contributed by atoms with E-state index in [1.165, 1.54) is 0 Å². The van der Waals surface area contributed by atoms with Crippen LogP contribution in [0.2, 0.25) is 0 Å². The average molecular weight is 461 g/mol. The maximum absolute atomic E-state index is 12.0. The molecule has 3 atom stereocenters.